The fourth-order valence-corrected chi connectivity index (χ4v) is 2.45. The van der Waals surface area contributed by atoms with Gasteiger partial charge in [-0.15, -0.1) is 0 Å². The van der Waals surface area contributed by atoms with Gasteiger partial charge in [0.25, 0.3) is 0 Å². The maximum Gasteiger partial charge on any atom is 0.448 e. The Morgan fingerprint density at radius 3 is 0.943 bits per heavy atom. The van der Waals surface area contributed by atoms with E-state index in [0.29, 0.717) is 0 Å². The van der Waals surface area contributed by atoms with Crippen LogP contribution in [-0.2, 0) is 9.53 Å². The maximum absolute atomic E-state index is 14.7. The maximum atomic E-state index is 14.7. The number of carbonyl (C=O) groups excluding carboxylic acids is 1. The van der Waals surface area contributed by atoms with Crippen LogP contribution >= 0.6 is 0 Å². The Balaban J connectivity index is 4.48. The van der Waals surface area contributed by atoms with Gasteiger partial charge in [0.1, 0.15) is 0 Å². The topological polar surface area (TPSA) is 26.3 Å². The van der Waals surface area contributed by atoms with Gasteiger partial charge in [-0.3, -0.25) is 0 Å². The van der Waals surface area contributed by atoms with Crippen LogP contribution in [0.2, 0.25) is 0 Å². The van der Waals surface area contributed by atoms with E-state index < -0.39 is 70.7 Å². The second-order valence-electron chi connectivity index (χ2n) is 6.94. The zero-order valence-corrected chi connectivity index (χ0v) is 15.7. The van der Waals surface area contributed by atoms with Crippen molar-refractivity contribution in [3.63, 3.8) is 0 Å². The third-order valence-electron chi connectivity index (χ3n) is 4.60. The van der Waals surface area contributed by atoms with Crippen LogP contribution in [0, 0.1) is 0 Å². The number of hydrogen-bond acceptors (Lipinski definition) is 2. The van der Waals surface area contributed by atoms with Crippen molar-refractivity contribution in [2.75, 3.05) is 0 Å². The number of hydrogen-bond donors (Lipinski definition) is 0. The van der Waals surface area contributed by atoms with Crippen LogP contribution in [0.1, 0.15) is 6.92 Å². The normalized spacial score (nSPS) is 29.1. The van der Waals surface area contributed by atoms with Gasteiger partial charge in [0.2, 0.25) is 0 Å². The number of carbonyl (C=O) groups is 1. The number of alkyl halides is 19. The van der Waals surface area contributed by atoms with E-state index in [0.717, 1.165) is 0 Å². The van der Waals surface area contributed by atoms with Crippen LogP contribution in [0.4, 0.5) is 83.4 Å². The minimum Gasteiger partial charge on any atom is -0.395 e. The molecule has 0 saturated heterocycles. The Morgan fingerprint density at radius 2 is 0.743 bits per heavy atom. The summed E-state index contributed by atoms with van der Waals surface area (Å²) in [4.78, 5) is 11.0. The van der Waals surface area contributed by atoms with Crippen LogP contribution in [-0.4, -0.2) is 65.1 Å². The summed E-state index contributed by atoms with van der Waals surface area (Å²) in [6.07, 6.45) is -8.04. The summed E-state index contributed by atoms with van der Waals surface area (Å²) in [5.74, 6) is -75.1. The van der Waals surface area contributed by atoms with Crippen molar-refractivity contribution in [2.45, 2.75) is 66.1 Å². The molecular formula is C14H5F19O2. The van der Waals surface area contributed by atoms with E-state index in [4.69, 9.17) is 0 Å². The third-order valence-corrected chi connectivity index (χ3v) is 4.60. The van der Waals surface area contributed by atoms with E-state index >= 15 is 0 Å². The van der Waals surface area contributed by atoms with Gasteiger partial charge in [-0.05, 0) is 6.92 Å². The molecule has 1 fully saturated rings. The quantitative estimate of drug-likeness (QED) is 0.222. The number of halogens is 19. The van der Waals surface area contributed by atoms with Gasteiger partial charge < -0.3 is 4.74 Å². The van der Waals surface area contributed by atoms with E-state index in [1.807, 2.05) is 0 Å². The molecule has 1 aliphatic carbocycles. The summed E-state index contributed by atoms with van der Waals surface area (Å²) >= 11 is 0. The van der Waals surface area contributed by atoms with Gasteiger partial charge in [0.15, 0.2) is 0 Å². The molecule has 21 heteroatoms. The molecule has 0 N–H and O–H groups in total. The molecule has 1 aliphatic rings. The first kappa shape index (κ1) is 30.9. The van der Waals surface area contributed by atoms with Crippen LogP contribution in [0.25, 0.3) is 0 Å². The summed E-state index contributed by atoms with van der Waals surface area (Å²) in [6.45, 7) is 2.51. The molecule has 2 nitrogen and oxygen atoms in total. The molecule has 0 spiro atoms. The van der Waals surface area contributed by atoms with Crippen LogP contribution in [0.5, 0.6) is 0 Å². The van der Waals surface area contributed by atoms with Crippen LogP contribution < -0.4 is 0 Å². The van der Waals surface area contributed by atoms with Gasteiger partial charge in [-0.25, -0.2) is 9.18 Å². The molecule has 0 aromatic heterocycles. The average Bonchev–Trinajstić information content (AvgIpc) is 2.64. The molecule has 0 aromatic carbocycles. The molecule has 1 saturated carbocycles. The Kier molecular flexibility index (Phi) is 6.38. The summed E-state index contributed by atoms with van der Waals surface area (Å²) in [5, 5.41) is 0. The molecule has 0 unspecified atom stereocenters. The number of esters is 1. The van der Waals surface area contributed by atoms with E-state index in [9.17, 15) is 88.2 Å². The van der Waals surface area contributed by atoms with Crippen LogP contribution in [0.15, 0.2) is 12.2 Å². The summed E-state index contributed by atoms with van der Waals surface area (Å²) in [5.41, 5.74) is -10.6. The van der Waals surface area contributed by atoms with Crippen LogP contribution in [0.3, 0.4) is 0 Å². The van der Waals surface area contributed by atoms with Crippen molar-refractivity contribution < 1.29 is 92.9 Å². The largest absolute Gasteiger partial charge is 0.448 e. The second kappa shape index (κ2) is 7.22. The first-order valence-electron chi connectivity index (χ1n) is 7.81. The average molecular weight is 566 g/mol. The highest BCUT2D eigenvalue weighted by Gasteiger charge is 3.05. The summed E-state index contributed by atoms with van der Waals surface area (Å²) in [7, 11) is 0. The van der Waals surface area contributed by atoms with E-state index in [-0.39, 0.29) is 6.92 Å². The molecule has 0 aromatic rings. The minimum atomic E-state index is -9.12. The van der Waals surface area contributed by atoms with Gasteiger partial charge >= 0.3 is 65.1 Å². The van der Waals surface area contributed by atoms with Gasteiger partial charge in [-0.1, -0.05) is 6.58 Å². The van der Waals surface area contributed by atoms with Crippen molar-refractivity contribution in [2.24, 2.45) is 0 Å². The zero-order chi connectivity index (χ0) is 28.9. The molecule has 0 atom stereocenters. The fourth-order valence-electron chi connectivity index (χ4n) is 2.45. The van der Waals surface area contributed by atoms with Crippen molar-refractivity contribution in [3.05, 3.63) is 12.2 Å². The van der Waals surface area contributed by atoms with Crippen molar-refractivity contribution in [1.82, 2.24) is 0 Å². The first-order chi connectivity index (χ1) is 14.8. The lowest BCUT2D eigenvalue weighted by atomic mass is 9.80. The highest BCUT2D eigenvalue weighted by atomic mass is 19.4. The Bertz CT molecular complexity index is 851. The number of rotatable bonds is 3. The van der Waals surface area contributed by atoms with Gasteiger partial charge in [0, 0.05) is 5.57 Å². The van der Waals surface area contributed by atoms with Gasteiger partial charge in [-0.2, -0.15) is 79.0 Å². The van der Waals surface area contributed by atoms with Crippen molar-refractivity contribution in [3.8, 4) is 0 Å². The van der Waals surface area contributed by atoms with Gasteiger partial charge in [0.05, 0.1) is 0 Å². The molecule has 0 aliphatic heterocycles. The molecule has 0 radical (unpaired) electrons. The molecule has 0 heterocycles. The fraction of sp³-hybridized carbons (Fsp3) is 0.786. The molecular weight excluding hydrogens is 561 g/mol. The monoisotopic (exact) mass is 566 g/mol. The smallest absolute Gasteiger partial charge is 0.395 e. The predicted octanol–water partition coefficient (Wildman–Crippen LogP) is 6.50. The molecule has 0 bridgehead atoms. The standard InChI is InChI=1S/C14H5F19O2/c1-3(2)4(34)35-14(32,33)5(15)6(16,17)8(20,21)10(24,25)12(28,29)13(30,31)11(26,27)9(22,23)7(5,18)19/h1H2,2H3. The lowest BCUT2D eigenvalue weighted by Crippen LogP contribution is -2.80. The highest BCUT2D eigenvalue weighted by molar-refractivity contribution is 5.87. The Morgan fingerprint density at radius 1 is 0.543 bits per heavy atom. The lowest BCUT2D eigenvalue weighted by Gasteiger charge is -2.46. The van der Waals surface area contributed by atoms with E-state index in [1.165, 1.54) is 0 Å². The SMILES string of the molecule is C=C(C)C(=O)OC(F)(F)C1(F)C(F)(F)C(F)(F)C(F)(F)C(F)(F)C(F)(F)C(F)(F)C(F)(F)C1(F)F. The third kappa shape index (κ3) is 3.03. The zero-order valence-electron chi connectivity index (χ0n) is 15.7. The van der Waals surface area contributed by atoms with E-state index in [1.54, 1.807) is 0 Å². The highest BCUT2D eigenvalue weighted by Crippen LogP contribution is 2.72. The first-order valence-corrected chi connectivity index (χ1v) is 7.81. The molecule has 206 valence electrons. The minimum absolute atomic E-state index is 0.176. The number of ether oxygens (including phenoxy) is 1. The predicted molar refractivity (Wildman–Crippen MR) is 69.3 cm³/mol. The van der Waals surface area contributed by atoms with Crippen molar-refractivity contribution in [1.29, 1.82) is 0 Å². The Hall–Kier alpha value is -2.12. The molecule has 35 heavy (non-hydrogen) atoms. The summed E-state index contributed by atoms with van der Waals surface area (Å²) in [6, 6.07) is 0. The molecule has 0 amide bonds. The Labute approximate surface area is 178 Å². The van der Waals surface area contributed by atoms with Crippen molar-refractivity contribution >= 4 is 5.97 Å². The molecule has 1 rings (SSSR count). The summed E-state index contributed by atoms with van der Waals surface area (Å²) < 4.78 is 264. The lowest BCUT2D eigenvalue weighted by molar-refractivity contribution is -0.468. The second-order valence-corrected chi connectivity index (χ2v) is 6.94. The van der Waals surface area contributed by atoms with E-state index in [2.05, 4.69) is 11.3 Å².